The number of hydrogen-bond donors (Lipinski definition) is 1. The van der Waals surface area contributed by atoms with E-state index in [4.69, 9.17) is 5.11 Å². The van der Waals surface area contributed by atoms with Crippen LogP contribution in [0.5, 0.6) is 0 Å². The van der Waals surface area contributed by atoms with Gasteiger partial charge in [0.05, 0.1) is 17.6 Å². The van der Waals surface area contributed by atoms with Gasteiger partial charge in [-0.15, -0.1) is 5.10 Å². The van der Waals surface area contributed by atoms with E-state index in [0.29, 0.717) is 31.6 Å². The number of aromatic nitrogens is 3. The molecule has 2 aromatic rings. The van der Waals surface area contributed by atoms with Gasteiger partial charge < -0.3 is 10.0 Å². The number of carbonyl (C=O) groups excluding carboxylic acids is 1. The largest absolute Gasteiger partial charge is 0.478 e. The van der Waals surface area contributed by atoms with Gasteiger partial charge in [-0.2, -0.15) is 0 Å². The second kappa shape index (κ2) is 6.34. The number of rotatable bonds is 6. The molecule has 0 aliphatic rings. The van der Waals surface area contributed by atoms with E-state index in [2.05, 4.69) is 10.3 Å². The van der Waals surface area contributed by atoms with Crippen LogP contribution < -0.4 is 0 Å². The van der Waals surface area contributed by atoms with Gasteiger partial charge in [0.1, 0.15) is 5.52 Å². The average Bonchev–Trinajstić information content (AvgIpc) is 2.88. The minimum absolute atomic E-state index is 0.0748. The molecule has 0 aliphatic heterocycles. The molecule has 0 aliphatic carbocycles. The van der Waals surface area contributed by atoms with Crippen LogP contribution in [0.2, 0.25) is 0 Å². The Bertz CT molecular complexity index is 661. The Hall–Kier alpha value is -2.44. The molecule has 2 rings (SSSR count). The first kappa shape index (κ1) is 15.0. The Morgan fingerprint density at radius 1 is 1.29 bits per heavy atom. The van der Waals surface area contributed by atoms with Crippen molar-refractivity contribution in [1.29, 1.82) is 0 Å². The summed E-state index contributed by atoms with van der Waals surface area (Å²) < 4.78 is 1.63. The lowest BCUT2D eigenvalue weighted by molar-refractivity contribution is -0.131. The standard InChI is InChI=1S/C14H18N4O3/c1-3-17(4-2)13(19)7-8-18-12-6-5-10(14(20)21)9-11(12)15-16-18/h5-6,9H,3-4,7-8H2,1-2H3,(H,20,21). The van der Waals surface area contributed by atoms with Gasteiger partial charge in [-0.25, -0.2) is 9.48 Å². The maximum absolute atomic E-state index is 12.0. The smallest absolute Gasteiger partial charge is 0.335 e. The van der Waals surface area contributed by atoms with E-state index < -0.39 is 5.97 Å². The van der Waals surface area contributed by atoms with Crippen molar-refractivity contribution in [3.8, 4) is 0 Å². The van der Waals surface area contributed by atoms with Crippen LogP contribution in [-0.4, -0.2) is 50.0 Å². The monoisotopic (exact) mass is 290 g/mol. The molecule has 0 bridgehead atoms. The summed E-state index contributed by atoms with van der Waals surface area (Å²) in [6.45, 7) is 5.70. The maximum atomic E-state index is 12.0. The van der Waals surface area contributed by atoms with Gasteiger partial charge in [0, 0.05) is 19.5 Å². The zero-order chi connectivity index (χ0) is 15.4. The number of aromatic carboxylic acids is 1. The number of benzene rings is 1. The van der Waals surface area contributed by atoms with Crippen molar-refractivity contribution in [3.05, 3.63) is 23.8 Å². The van der Waals surface area contributed by atoms with Crippen molar-refractivity contribution in [2.24, 2.45) is 0 Å². The minimum Gasteiger partial charge on any atom is -0.478 e. The quantitative estimate of drug-likeness (QED) is 0.868. The highest BCUT2D eigenvalue weighted by molar-refractivity contribution is 5.92. The number of carbonyl (C=O) groups is 2. The van der Waals surface area contributed by atoms with Crippen LogP contribution in [0.15, 0.2) is 18.2 Å². The van der Waals surface area contributed by atoms with E-state index in [1.165, 1.54) is 12.1 Å². The topological polar surface area (TPSA) is 88.3 Å². The summed E-state index contributed by atoms with van der Waals surface area (Å²) in [4.78, 5) is 24.6. The Balaban J connectivity index is 2.13. The Morgan fingerprint density at radius 2 is 2.00 bits per heavy atom. The number of fused-ring (bicyclic) bond motifs is 1. The molecular weight excluding hydrogens is 272 g/mol. The van der Waals surface area contributed by atoms with Crippen LogP contribution in [-0.2, 0) is 11.3 Å². The molecule has 0 spiro atoms. The lowest BCUT2D eigenvalue weighted by Crippen LogP contribution is -2.31. The number of aryl methyl sites for hydroxylation is 1. The predicted molar refractivity (Wildman–Crippen MR) is 77.0 cm³/mol. The summed E-state index contributed by atoms with van der Waals surface area (Å²) in [5.41, 5.74) is 1.42. The summed E-state index contributed by atoms with van der Waals surface area (Å²) in [5.74, 6) is -0.922. The van der Waals surface area contributed by atoms with Crippen molar-refractivity contribution in [1.82, 2.24) is 19.9 Å². The second-order valence-electron chi connectivity index (χ2n) is 4.64. The molecule has 0 atom stereocenters. The first-order valence-corrected chi connectivity index (χ1v) is 6.91. The molecule has 112 valence electrons. The number of nitrogens with zero attached hydrogens (tertiary/aromatic N) is 4. The predicted octanol–water partition coefficient (Wildman–Crippen LogP) is 1.39. The van der Waals surface area contributed by atoms with Gasteiger partial charge in [-0.3, -0.25) is 4.79 Å². The molecule has 0 unspecified atom stereocenters. The molecule has 1 aromatic heterocycles. The third kappa shape index (κ3) is 3.18. The highest BCUT2D eigenvalue weighted by atomic mass is 16.4. The highest BCUT2D eigenvalue weighted by Gasteiger charge is 2.12. The zero-order valence-corrected chi connectivity index (χ0v) is 12.1. The number of hydrogen-bond acceptors (Lipinski definition) is 4. The van der Waals surface area contributed by atoms with Crippen molar-refractivity contribution < 1.29 is 14.7 Å². The molecule has 0 fully saturated rings. The van der Waals surface area contributed by atoms with Crippen molar-refractivity contribution in [3.63, 3.8) is 0 Å². The van der Waals surface area contributed by atoms with Gasteiger partial charge in [0.25, 0.3) is 0 Å². The number of carboxylic acids is 1. The van der Waals surface area contributed by atoms with Crippen molar-refractivity contribution in [2.75, 3.05) is 13.1 Å². The normalized spacial score (nSPS) is 10.8. The molecule has 0 saturated carbocycles. The summed E-state index contributed by atoms with van der Waals surface area (Å²) in [5, 5.41) is 16.9. The van der Waals surface area contributed by atoms with Crippen LogP contribution in [0.1, 0.15) is 30.6 Å². The number of carboxylic acid groups (broad SMARTS) is 1. The molecule has 7 nitrogen and oxygen atoms in total. The first-order valence-electron chi connectivity index (χ1n) is 6.91. The molecule has 7 heteroatoms. The molecule has 0 radical (unpaired) electrons. The van der Waals surface area contributed by atoms with E-state index in [1.54, 1.807) is 15.6 Å². The lowest BCUT2D eigenvalue weighted by Gasteiger charge is -2.18. The van der Waals surface area contributed by atoms with Crippen LogP contribution in [0, 0.1) is 0 Å². The highest BCUT2D eigenvalue weighted by Crippen LogP contribution is 2.14. The summed E-state index contributed by atoms with van der Waals surface area (Å²) in [7, 11) is 0. The Morgan fingerprint density at radius 3 is 2.62 bits per heavy atom. The molecule has 0 saturated heterocycles. The SMILES string of the molecule is CCN(CC)C(=O)CCn1nnc2cc(C(=O)O)ccc21. The molecular formula is C14H18N4O3. The number of amides is 1. The van der Waals surface area contributed by atoms with Crippen LogP contribution in [0.3, 0.4) is 0 Å². The van der Waals surface area contributed by atoms with Gasteiger partial charge in [-0.1, -0.05) is 5.21 Å². The van der Waals surface area contributed by atoms with Crippen LogP contribution in [0.25, 0.3) is 11.0 Å². The van der Waals surface area contributed by atoms with Crippen LogP contribution >= 0.6 is 0 Å². The fraction of sp³-hybridized carbons (Fsp3) is 0.429. The maximum Gasteiger partial charge on any atom is 0.335 e. The van der Waals surface area contributed by atoms with E-state index >= 15 is 0 Å². The Kier molecular flexibility index (Phi) is 4.52. The molecule has 1 aromatic carbocycles. The molecule has 21 heavy (non-hydrogen) atoms. The third-order valence-electron chi connectivity index (χ3n) is 3.41. The van der Waals surface area contributed by atoms with Gasteiger partial charge in [0.2, 0.25) is 5.91 Å². The van der Waals surface area contributed by atoms with Crippen LogP contribution in [0.4, 0.5) is 0 Å². The van der Waals surface area contributed by atoms with Crippen molar-refractivity contribution in [2.45, 2.75) is 26.8 Å². The Labute approximate surface area is 122 Å². The minimum atomic E-state index is -0.997. The van der Waals surface area contributed by atoms with E-state index in [1.807, 2.05) is 13.8 Å². The fourth-order valence-electron chi connectivity index (χ4n) is 2.21. The van der Waals surface area contributed by atoms with Gasteiger partial charge in [-0.05, 0) is 32.0 Å². The molecule has 1 N–H and O–H groups in total. The summed E-state index contributed by atoms with van der Waals surface area (Å²) in [6, 6.07) is 4.66. The fourth-order valence-corrected chi connectivity index (χ4v) is 2.21. The third-order valence-corrected chi connectivity index (χ3v) is 3.41. The van der Waals surface area contributed by atoms with E-state index in [-0.39, 0.29) is 11.5 Å². The molecule has 1 heterocycles. The van der Waals surface area contributed by atoms with E-state index in [0.717, 1.165) is 5.52 Å². The summed E-state index contributed by atoms with van der Waals surface area (Å²) >= 11 is 0. The van der Waals surface area contributed by atoms with Gasteiger partial charge in [0.15, 0.2) is 0 Å². The van der Waals surface area contributed by atoms with Gasteiger partial charge >= 0.3 is 5.97 Å². The first-order chi connectivity index (χ1) is 10.1. The lowest BCUT2D eigenvalue weighted by atomic mass is 10.2. The second-order valence-corrected chi connectivity index (χ2v) is 4.64. The zero-order valence-electron chi connectivity index (χ0n) is 12.1. The van der Waals surface area contributed by atoms with E-state index in [9.17, 15) is 9.59 Å². The molecule has 1 amide bonds. The van der Waals surface area contributed by atoms with Crippen molar-refractivity contribution >= 4 is 22.9 Å². The average molecular weight is 290 g/mol. The summed E-state index contributed by atoms with van der Waals surface area (Å²) in [6.07, 6.45) is 0.348.